The number of amides is 1. The Hall–Kier alpha value is -3.13. The van der Waals surface area contributed by atoms with Crippen LogP contribution in [0.25, 0.3) is 0 Å². The van der Waals surface area contributed by atoms with Gasteiger partial charge in [-0.15, -0.1) is 0 Å². The number of hydrogen-bond donors (Lipinski definition) is 2. The van der Waals surface area contributed by atoms with Gasteiger partial charge in [0, 0.05) is 30.8 Å². The monoisotopic (exact) mass is 386 g/mol. The van der Waals surface area contributed by atoms with Crippen LogP contribution in [-0.2, 0) is 16.0 Å². The Bertz CT molecular complexity index is 803. The third-order valence-corrected chi connectivity index (χ3v) is 4.16. The number of nitrogens with one attached hydrogen (secondary N) is 1. The summed E-state index contributed by atoms with van der Waals surface area (Å²) in [6, 6.07) is 10.4. The van der Waals surface area contributed by atoms with Gasteiger partial charge in [-0.1, -0.05) is 12.1 Å². The molecule has 0 spiro atoms. The summed E-state index contributed by atoms with van der Waals surface area (Å²) in [6.07, 6.45) is 2.99. The van der Waals surface area contributed by atoms with Crippen LogP contribution in [-0.4, -0.2) is 54.4 Å². The van der Waals surface area contributed by atoms with Crippen LogP contribution in [0.2, 0.25) is 0 Å². The minimum atomic E-state index is -1.02. The minimum absolute atomic E-state index is 0.0201. The molecule has 28 heavy (non-hydrogen) atoms. The molecule has 1 aliphatic heterocycles. The van der Waals surface area contributed by atoms with Crippen molar-refractivity contribution >= 4 is 11.9 Å². The lowest BCUT2D eigenvalue weighted by atomic mass is 10.1. The highest BCUT2D eigenvalue weighted by molar-refractivity contribution is 5.94. The van der Waals surface area contributed by atoms with Gasteiger partial charge >= 0.3 is 5.97 Å². The zero-order chi connectivity index (χ0) is 19.8. The summed E-state index contributed by atoms with van der Waals surface area (Å²) < 4.78 is 16.1. The van der Waals surface area contributed by atoms with Gasteiger partial charge in [-0.2, -0.15) is 0 Å². The number of carbonyl (C=O) groups excluding carboxylic acids is 1. The number of carbonyl (C=O) groups is 2. The summed E-state index contributed by atoms with van der Waals surface area (Å²) in [6.45, 7) is 1.31. The molecule has 2 aromatic rings. The molecule has 1 aromatic carbocycles. The Balaban J connectivity index is 1.45. The second kappa shape index (κ2) is 9.70. The highest BCUT2D eigenvalue weighted by Gasteiger charge is 2.18. The predicted octanol–water partition coefficient (Wildman–Crippen LogP) is 1.69. The quantitative estimate of drug-likeness (QED) is 0.675. The smallest absolute Gasteiger partial charge is 0.341 e. The van der Waals surface area contributed by atoms with E-state index in [-0.39, 0.29) is 18.6 Å². The van der Waals surface area contributed by atoms with Crippen LogP contribution in [0.1, 0.15) is 22.3 Å². The molecule has 8 nitrogen and oxygen atoms in total. The molecule has 8 heteroatoms. The molecule has 1 fully saturated rings. The lowest BCUT2D eigenvalue weighted by molar-refractivity contribution is -0.139. The van der Waals surface area contributed by atoms with Gasteiger partial charge in [-0.25, -0.2) is 9.78 Å². The molecule has 1 atom stereocenters. The van der Waals surface area contributed by atoms with Crippen molar-refractivity contribution in [1.82, 2.24) is 10.3 Å². The van der Waals surface area contributed by atoms with Gasteiger partial charge in [-0.05, 0) is 30.2 Å². The zero-order valence-electron chi connectivity index (χ0n) is 15.3. The molecule has 1 unspecified atom stereocenters. The normalized spacial score (nSPS) is 15.8. The molecular formula is C20H22N2O6. The standard InChI is InChI=1S/C20H22N2O6/c23-19(24)13-27-16-3-1-14(2-4-16)5-8-22-20(25)15-6-9-21-18(11-15)28-17-7-10-26-12-17/h1-4,6,9,11,17H,5,7-8,10,12-13H2,(H,22,25)(H,23,24). The summed E-state index contributed by atoms with van der Waals surface area (Å²) in [5.74, 6) is -0.309. The molecule has 2 heterocycles. The van der Waals surface area contributed by atoms with Crippen LogP contribution in [0.3, 0.4) is 0 Å². The van der Waals surface area contributed by atoms with Gasteiger partial charge in [0.05, 0.1) is 13.2 Å². The summed E-state index contributed by atoms with van der Waals surface area (Å²) in [5.41, 5.74) is 1.49. The van der Waals surface area contributed by atoms with E-state index in [9.17, 15) is 9.59 Å². The van der Waals surface area contributed by atoms with Crippen LogP contribution in [0.5, 0.6) is 11.6 Å². The zero-order valence-corrected chi connectivity index (χ0v) is 15.3. The van der Waals surface area contributed by atoms with Crippen molar-refractivity contribution in [2.45, 2.75) is 18.9 Å². The molecule has 1 aliphatic rings. The fraction of sp³-hybridized carbons (Fsp3) is 0.350. The predicted molar refractivity (Wildman–Crippen MR) is 99.7 cm³/mol. The number of nitrogens with zero attached hydrogens (tertiary/aromatic N) is 1. The minimum Gasteiger partial charge on any atom is -0.482 e. The molecule has 2 N–H and O–H groups in total. The SMILES string of the molecule is O=C(O)COc1ccc(CCNC(=O)c2ccnc(OC3CCOC3)c2)cc1. The van der Waals surface area contributed by atoms with Gasteiger partial charge in [0.25, 0.3) is 5.91 Å². The topological polar surface area (TPSA) is 107 Å². The van der Waals surface area contributed by atoms with Crippen molar-refractivity contribution in [3.05, 3.63) is 53.7 Å². The van der Waals surface area contributed by atoms with Crippen LogP contribution in [0, 0.1) is 0 Å². The molecule has 1 amide bonds. The maximum Gasteiger partial charge on any atom is 0.341 e. The first kappa shape index (κ1) is 19.6. The first-order chi connectivity index (χ1) is 13.6. The molecule has 3 rings (SSSR count). The molecule has 1 saturated heterocycles. The Morgan fingerprint density at radius 1 is 1.25 bits per heavy atom. The maximum absolute atomic E-state index is 12.3. The fourth-order valence-corrected chi connectivity index (χ4v) is 2.71. The summed E-state index contributed by atoms with van der Waals surface area (Å²) in [7, 11) is 0. The number of carboxylic acids is 1. The van der Waals surface area contributed by atoms with E-state index >= 15 is 0 Å². The van der Waals surface area contributed by atoms with Crippen molar-refractivity contribution in [3.63, 3.8) is 0 Å². The number of ether oxygens (including phenoxy) is 3. The Morgan fingerprint density at radius 3 is 2.79 bits per heavy atom. The molecule has 0 saturated carbocycles. The van der Waals surface area contributed by atoms with E-state index in [0.717, 1.165) is 12.0 Å². The second-order valence-corrected chi connectivity index (χ2v) is 6.32. The van der Waals surface area contributed by atoms with E-state index in [1.165, 1.54) is 0 Å². The number of pyridine rings is 1. The van der Waals surface area contributed by atoms with Crippen molar-refractivity contribution < 1.29 is 28.9 Å². The van der Waals surface area contributed by atoms with Crippen molar-refractivity contribution in [2.24, 2.45) is 0 Å². The number of rotatable bonds is 9. The van der Waals surface area contributed by atoms with Gasteiger partial charge in [0.15, 0.2) is 6.61 Å². The number of aliphatic carboxylic acids is 1. The second-order valence-electron chi connectivity index (χ2n) is 6.32. The van der Waals surface area contributed by atoms with E-state index < -0.39 is 5.97 Å². The maximum atomic E-state index is 12.3. The lowest BCUT2D eigenvalue weighted by Gasteiger charge is -2.11. The molecule has 0 bridgehead atoms. The van der Waals surface area contributed by atoms with Gasteiger partial charge < -0.3 is 24.6 Å². The Kier molecular flexibility index (Phi) is 6.80. The van der Waals surface area contributed by atoms with Crippen molar-refractivity contribution in [2.75, 3.05) is 26.4 Å². The highest BCUT2D eigenvalue weighted by Crippen LogP contribution is 2.16. The summed E-state index contributed by atoms with van der Waals surface area (Å²) >= 11 is 0. The molecular weight excluding hydrogens is 364 g/mol. The number of carboxylic acid groups (broad SMARTS) is 1. The Morgan fingerprint density at radius 2 is 2.07 bits per heavy atom. The molecule has 0 radical (unpaired) electrons. The third kappa shape index (κ3) is 5.95. The fourth-order valence-electron chi connectivity index (χ4n) is 2.71. The lowest BCUT2D eigenvalue weighted by Crippen LogP contribution is -2.26. The first-order valence-electron chi connectivity index (χ1n) is 9.02. The molecule has 148 valence electrons. The first-order valence-corrected chi connectivity index (χ1v) is 9.02. The van der Waals surface area contributed by atoms with Crippen molar-refractivity contribution in [3.8, 4) is 11.6 Å². The van der Waals surface area contributed by atoms with Gasteiger partial charge in [0.2, 0.25) is 5.88 Å². The average molecular weight is 386 g/mol. The number of aromatic nitrogens is 1. The van der Waals surface area contributed by atoms with E-state index in [1.54, 1.807) is 30.5 Å². The molecule has 1 aromatic heterocycles. The van der Waals surface area contributed by atoms with Crippen LogP contribution < -0.4 is 14.8 Å². The van der Waals surface area contributed by atoms with Crippen LogP contribution in [0.15, 0.2) is 42.6 Å². The van der Waals surface area contributed by atoms with E-state index in [0.29, 0.717) is 43.4 Å². The highest BCUT2D eigenvalue weighted by atomic mass is 16.5. The van der Waals surface area contributed by atoms with Crippen LogP contribution >= 0.6 is 0 Å². The van der Waals surface area contributed by atoms with E-state index in [4.69, 9.17) is 19.3 Å². The average Bonchev–Trinajstić information content (AvgIpc) is 3.20. The summed E-state index contributed by atoms with van der Waals surface area (Å²) in [5, 5.41) is 11.5. The van der Waals surface area contributed by atoms with E-state index in [2.05, 4.69) is 10.3 Å². The number of benzene rings is 1. The molecule has 0 aliphatic carbocycles. The van der Waals surface area contributed by atoms with Gasteiger partial charge in [-0.3, -0.25) is 4.79 Å². The number of hydrogen-bond acceptors (Lipinski definition) is 6. The summed E-state index contributed by atoms with van der Waals surface area (Å²) in [4.78, 5) is 27.0. The van der Waals surface area contributed by atoms with Crippen LogP contribution in [0.4, 0.5) is 0 Å². The van der Waals surface area contributed by atoms with E-state index in [1.807, 2.05) is 12.1 Å². The van der Waals surface area contributed by atoms with Crippen molar-refractivity contribution in [1.29, 1.82) is 0 Å². The largest absolute Gasteiger partial charge is 0.482 e. The Labute approximate surface area is 162 Å². The van der Waals surface area contributed by atoms with Gasteiger partial charge in [0.1, 0.15) is 11.9 Å². The third-order valence-electron chi connectivity index (χ3n) is 4.16.